The average Bonchev–Trinajstić information content (AvgIpc) is 2.37. The van der Waals surface area contributed by atoms with Gasteiger partial charge in [0.1, 0.15) is 0 Å². The molecule has 1 aromatic rings. The van der Waals surface area contributed by atoms with Gasteiger partial charge in [0, 0.05) is 19.1 Å². The second-order valence-corrected chi connectivity index (χ2v) is 4.97. The number of carbonyl (C=O) groups excluding carboxylic acids is 1. The van der Waals surface area contributed by atoms with Crippen LogP contribution in [0.5, 0.6) is 0 Å². The van der Waals surface area contributed by atoms with E-state index in [0.29, 0.717) is 6.54 Å². The number of nitrogens with two attached hydrogens (primary N) is 1. The van der Waals surface area contributed by atoms with Gasteiger partial charge in [-0.05, 0) is 26.7 Å². The number of hydrogen-bond acceptors (Lipinski definition) is 6. The fourth-order valence-electron chi connectivity index (χ4n) is 1.99. The molecule has 1 aromatic heterocycles. The summed E-state index contributed by atoms with van der Waals surface area (Å²) in [5.74, 6) is 0.155. The number of aryl methyl sites for hydroxylation is 2. The van der Waals surface area contributed by atoms with Crippen molar-refractivity contribution in [2.75, 3.05) is 25.0 Å². The number of carbonyl (C=O) groups is 1. The Hall–Kier alpha value is -1.60. The van der Waals surface area contributed by atoms with Gasteiger partial charge < -0.3 is 5.73 Å². The molecule has 0 unspecified atom stereocenters. The van der Waals surface area contributed by atoms with Crippen LogP contribution in [0.15, 0.2) is 0 Å². The van der Waals surface area contributed by atoms with Gasteiger partial charge in [-0.3, -0.25) is 15.0 Å². The molecule has 0 saturated carbocycles. The Morgan fingerprint density at radius 2 is 2.00 bits per heavy atom. The maximum absolute atomic E-state index is 11.9. The van der Waals surface area contributed by atoms with Gasteiger partial charge in [-0.2, -0.15) is 5.10 Å². The lowest BCUT2D eigenvalue weighted by molar-refractivity contribution is -0.117. The highest BCUT2D eigenvalue weighted by atomic mass is 16.2. The van der Waals surface area contributed by atoms with Crippen LogP contribution in [0.25, 0.3) is 0 Å². The van der Waals surface area contributed by atoms with Crippen molar-refractivity contribution in [1.29, 1.82) is 0 Å². The van der Waals surface area contributed by atoms with E-state index in [9.17, 15) is 4.79 Å². The van der Waals surface area contributed by atoms with Crippen molar-refractivity contribution in [2.45, 2.75) is 32.7 Å². The summed E-state index contributed by atoms with van der Waals surface area (Å²) in [5.41, 5.74) is 7.37. The monoisotopic (exact) mass is 264 g/mol. The first-order valence-corrected chi connectivity index (χ1v) is 6.50. The first-order chi connectivity index (χ1) is 9.04. The van der Waals surface area contributed by atoms with E-state index in [0.717, 1.165) is 37.3 Å². The highest BCUT2D eigenvalue weighted by Crippen LogP contribution is 2.08. The Balaban J connectivity index is 1.85. The molecule has 1 fully saturated rings. The Kier molecular flexibility index (Phi) is 4.39. The normalized spacial score (nSPS) is 17.4. The van der Waals surface area contributed by atoms with Gasteiger partial charge >= 0.3 is 0 Å². The zero-order chi connectivity index (χ0) is 13.8. The standard InChI is InChI=1S/C12H20N6O/c1-8-9(2)16-17-12(14-8)15-11(19)7-18-5-3-10(13)4-6-18/h10H,3-7,13H2,1-2H3,(H,14,15,17,19). The molecule has 0 aliphatic carbocycles. The van der Waals surface area contributed by atoms with E-state index in [4.69, 9.17) is 5.73 Å². The molecule has 0 radical (unpaired) electrons. The molecule has 0 atom stereocenters. The van der Waals surface area contributed by atoms with Crippen LogP contribution in [-0.4, -0.2) is 51.7 Å². The molecule has 2 heterocycles. The summed E-state index contributed by atoms with van der Waals surface area (Å²) in [4.78, 5) is 18.1. The molecule has 104 valence electrons. The van der Waals surface area contributed by atoms with Crippen LogP contribution in [0.3, 0.4) is 0 Å². The van der Waals surface area contributed by atoms with Crippen LogP contribution in [0.4, 0.5) is 5.95 Å². The molecule has 19 heavy (non-hydrogen) atoms. The third-order valence-electron chi connectivity index (χ3n) is 3.34. The largest absolute Gasteiger partial charge is 0.328 e. The van der Waals surface area contributed by atoms with Crippen LogP contribution in [0.2, 0.25) is 0 Å². The van der Waals surface area contributed by atoms with Crippen LogP contribution in [-0.2, 0) is 4.79 Å². The fourth-order valence-corrected chi connectivity index (χ4v) is 1.99. The van der Waals surface area contributed by atoms with Crippen molar-refractivity contribution in [2.24, 2.45) is 5.73 Å². The molecule has 1 aliphatic heterocycles. The summed E-state index contributed by atoms with van der Waals surface area (Å²) in [6.45, 7) is 5.74. The number of likely N-dealkylation sites (tertiary alicyclic amines) is 1. The topological polar surface area (TPSA) is 97.0 Å². The Labute approximate surface area is 112 Å². The number of aromatic nitrogens is 3. The van der Waals surface area contributed by atoms with Gasteiger partial charge in [-0.25, -0.2) is 4.98 Å². The molecule has 1 amide bonds. The molecule has 7 heteroatoms. The smallest absolute Gasteiger partial charge is 0.249 e. The van der Waals surface area contributed by atoms with Gasteiger partial charge in [0.15, 0.2) is 0 Å². The number of nitrogens with zero attached hydrogens (tertiary/aromatic N) is 4. The first-order valence-electron chi connectivity index (χ1n) is 6.50. The Bertz CT molecular complexity index is 456. The molecular formula is C12H20N6O. The minimum atomic E-state index is -0.111. The minimum Gasteiger partial charge on any atom is -0.328 e. The number of anilines is 1. The van der Waals surface area contributed by atoms with E-state index in [-0.39, 0.29) is 17.9 Å². The molecule has 7 nitrogen and oxygen atoms in total. The molecule has 0 spiro atoms. The maximum Gasteiger partial charge on any atom is 0.249 e. The second-order valence-electron chi connectivity index (χ2n) is 4.97. The molecule has 2 rings (SSSR count). The quantitative estimate of drug-likeness (QED) is 0.788. The fraction of sp³-hybridized carbons (Fsp3) is 0.667. The van der Waals surface area contributed by atoms with E-state index >= 15 is 0 Å². The van der Waals surface area contributed by atoms with E-state index < -0.39 is 0 Å². The lowest BCUT2D eigenvalue weighted by Gasteiger charge is -2.29. The summed E-state index contributed by atoms with van der Waals surface area (Å²) < 4.78 is 0. The summed E-state index contributed by atoms with van der Waals surface area (Å²) in [6, 6.07) is 0.270. The van der Waals surface area contributed by atoms with Gasteiger partial charge in [0.25, 0.3) is 0 Å². The van der Waals surface area contributed by atoms with Crippen LogP contribution in [0, 0.1) is 13.8 Å². The second kappa shape index (κ2) is 6.03. The van der Waals surface area contributed by atoms with E-state index in [1.807, 2.05) is 13.8 Å². The first kappa shape index (κ1) is 13.8. The number of amides is 1. The van der Waals surface area contributed by atoms with Crippen molar-refractivity contribution < 1.29 is 4.79 Å². The Morgan fingerprint density at radius 1 is 1.32 bits per heavy atom. The van der Waals surface area contributed by atoms with E-state index in [1.54, 1.807) is 0 Å². The maximum atomic E-state index is 11.9. The number of rotatable bonds is 3. The van der Waals surface area contributed by atoms with Crippen molar-refractivity contribution in [1.82, 2.24) is 20.1 Å². The zero-order valence-electron chi connectivity index (χ0n) is 11.4. The summed E-state index contributed by atoms with van der Waals surface area (Å²) in [5, 5.41) is 10.5. The van der Waals surface area contributed by atoms with Crippen molar-refractivity contribution in [3.05, 3.63) is 11.4 Å². The summed E-state index contributed by atoms with van der Waals surface area (Å²) in [6.07, 6.45) is 1.88. The van der Waals surface area contributed by atoms with Gasteiger partial charge in [-0.15, -0.1) is 5.10 Å². The van der Waals surface area contributed by atoms with E-state index in [1.165, 1.54) is 0 Å². The SMILES string of the molecule is Cc1nnc(NC(=O)CN2CCC(N)CC2)nc1C. The van der Waals surface area contributed by atoms with Crippen LogP contribution < -0.4 is 11.1 Å². The van der Waals surface area contributed by atoms with Crippen LogP contribution >= 0.6 is 0 Å². The molecule has 0 aromatic carbocycles. The lowest BCUT2D eigenvalue weighted by atomic mass is 10.1. The molecule has 1 saturated heterocycles. The highest BCUT2D eigenvalue weighted by Gasteiger charge is 2.18. The average molecular weight is 264 g/mol. The Morgan fingerprint density at radius 3 is 2.63 bits per heavy atom. The van der Waals surface area contributed by atoms with Gasteiger partial charge in [0.05, 0.1) is 17.9 Å². The molecule has 3 N–H and O–H groups in total. The minimum absolute atomic E-state index is 0.111. The third-order valence-corrected chi connectivity index (χ3v) is 3.34. The molecule has 1 aliphatic rings. The van der Waals surface area contributed by atoms with Gasteiger partial charge in [-0.1, -0.05) is 0 Å². The third kappa shape index (κ3) is 3.93. The molecular weight excluding hydrogens is 244 g/mol. The van der Waals surface area contributed by atoms with E-state index in [2.05, 4.69) is 25.4 Å². The molecule has 0 bridgehead atoms. The van der Waals surface area contributed by atoms with Crippen molar-refractivity contribution >= 4 is 11.9 Å². The number of nitrogens with one attached hydrogen (secondary N) is 1. The van der Waals surface area contributed by atoms with Crippen LogP contribution in [0.1, 0.15) is 24.2 Å². The number of hydrogen-bond donors (Lipinski definition) is 2. The highest BCUT2D eigenvalue weighted by molar-refractivity contribution is 5.90. The predicted molar refractivity (Wildman–Crippen MR) is 71.6 cm³/mol. The van der Waals surface area contributed by atoms with Crippen molar-refractivity contribution in [3.8, 4) is 0 Å². The summed E-state index contributed by atoms with van der Waals surface area (Å²) >= 11 is 0. The zero-order valence-corrected chi connectivity index (χ0v) is 11.4. The van der Waals surface area contributed by atoms with Gasteiger partial charge in [0.2, 0.25) is 11.9 Å². The summed E-state index contributed by atoms with van der Waals surface area (Å²) in [7, 11) is 0. The number of piperidine rings is 1. The predicted octanol–water partition coefficient (Wildman–Crippen LogP) is -0.150. The van der Waals surface area contributed by atoms with Crippen molar-refractivity contribution in [3.63, 3.8) is 0 Å². The lowest BCUT2D eigenvalue weighted by Crippen LogP contribution is -2.43.